The number of carbonyl (C=O) groups is 2. The van der Waals surface area contributed by atoms with E-state index in [1.165, 1.54) is 61.6 Å². The van der Waals surface area contributed by atoms with Crippen LogP contribution < -0.4 is 10.9 Å². The van der Waals surface area contributed by atoms with Gasteiger partial charge in [0.05, 0.1) is 10.6 Å². The van der Waals surface area contributed by atoms with E-state index in [0.717, 1.165) is 28.7 Å². The maximum absolute atomic E-state index is 12.3. The lowest BCUT2D eigenvalue weighted by Gasteiger charge is -2.56. The minimum atomic E-state index is -0.313. The topological polar surface area (TPSA) is 88.9 Å². The van der Waals surface area contributed by atoms with Crippen LogP contribution in [0.15, 0.2) is 35.3 Å². The highest BCUT2D eigenvalue weighted by atomic mass is 32.2. The number of allylic oxidation sites excluding steroid dienone is 1. The quantitative estimate of drug-likeness (QED) is 0.377. The van der Waals surface area contributed by atoms with Gasteiger partial charge in [0.2, 0.25) is 5.91 Å². The Balaban J connectivity index is 1.25. The van der Waals surface area contributed by atoms with Gasteiger partial charge in [-0.05, 0) is 67.7 Å². The molecule has 2 heterocycles. The number of aromatic nitrogens is 3. The lowest BCUT2D eigenvalue weighted by Crippen LogP contribution is -2.49. The molecule has 4 bridgehead atoms. The highest BCUT2D eigenvalue weighted by Crippen LogP contribution is 2.60. The van der Waals surface area contributed by atoms with Crippen LogP contribution in [-0.4, -0.2) is 32.3 Å². The van der Waals surface area contributed by atoms with Crippen LogP contribution in [0.3, 0.4) is 0 Å². The first-order valence-electron chi connectivity index (χ1n) is 10.9. The van der Waals surface area contributed by atoms with Crippen LogP contribution in [0.4, 0.5) is 0 Å². The molecule has 2 N–H and O–H groups in total. The van der Waals surface area contributed by atoms with Crippen molar-refractivity contribution in [3.05, 3.63) is 40.9 Å². The summed E-state index contributed by atoms with van der Waals surface area (Å²) in [5.74, 6) is 3.13. The largest absolute Gasteiger partial charge is 0.302 e. The number of hydrogen-bond donors (Lipinski definition) is 2. The van der Waals surface area contributed by atoms with Crippen LogP contribution in [0.1, 0.15) is 54.0 Å². The van der Waals surface area contributed by atoms with Crippen molar-refractivity contribution in [1.29, 1.82) is 0 Å². The molecule has 31 heavy (non-hydrogen) atoms. The molecule has 7 nitrogen and oxygen atoms in total. The molecule has 2 amide bonds. The van der Waals surface area contributed by atoms with E-state index in [1.807, 2.05) is 11.5 Å². The molecule has 0 spiro atoms. The molecule has 6 rings (SSSR count). The van der Waals surface area contributed by atoms with Crippen LogP contribution in [0.2, 0.25) is 0 Å². The molecular weight excluding hydrogens is 430 g/mol. The van der Waals surface area contributed by atoms with Gasteiger partial charge in [0, 0.05) is 12.0 Å². The molecule has 0 aromatic carbocycles. The molecule has 2 aromatic heterocycles. The molecule has 4 aliphatic rings. The molecule has 0 aliphatic heterocycles. The third kappa shape index (κ3) is 4.05. The van der Waals surface area contributed by atoms with Crippen molar-refractivity contribution >= 4 is 34.9 Å². The van der Waals surface area contributed by atoms with E-state index in [0.29, 0.717) is 11.4 Å². The summed E-state index contributed by atoms with van der Waals surface area (Å²) in [5.41, 5.74) is 5.07. The van der Waals surface area contributed by atoms with Gasteiger partial charge >= 0.3 is 0 Å². The number of amides is 2. The zero-order chi connectivity index (χ0) is 21.4. The van der Waals surface area contributed by atoms with Crippen molar-refractivity contribution < 1.29 is 9.59 Å². The standard InChI is InChI=1S/C22H27N5O2S2/c1-2-5-27-20(22-10-14-7-15(11-22)9-16(8-14)12-22)25-26-21(27)31-13-18(28)23-24-19(29)17-4-3-6-30-17/h2-4,6,14-16H,1,5,7-13H2,(H,23,28)(H,24,29). The van der Waals surface area contributed by atoms with Crippen molar-refractivity contribution in [3.63, 3.8) is 0 Å². The van der Waals surface area contributed by atoms with Gasteiger partial charge in [0.15, 0.2) is 5.16 Å². The fourth-order valence-electron chi connectivity index (χ4n) is 6.23. The fraction of sp³-hybridized carbons (Fsp3) is 0.545. The molecule has 0 atom stereocenters. The van der Waals surface area contributed by atoms with Gasteiger partial charge in [-0.15, -0.1) is 28.1 Å². The number of nitrogens with zero attached hydrogens (tertiary/aromatic N) is 3. The van der Waals surface area contributed by atoms with E-state index in [1.54, 1.807) is 12.1 Å². The first-order valence-corrected chi connectivity index (χ1v) is 12.7. The monoisotopic (exact) mass is 457 g/mol. The normalized spacial score (nSPS) is 28.5. The summed E-state index contributed by atoms with van der Waals surface area (Å²) < 4.78 is 2.16. The molecule has 2 aromatic rings. The second kappa shape index (κ2) is 8.43. The summed E-state index contributed by atoms with van der Waals surface area (Å²) in [6, 6.07) is 3.51. The third-order valence-electron chi connectivity index (χ3n) is 6.93. The predicted molar refractivity (Wildman–Crippen MR) is 121 cm³/mol. The van der Waals surface area contributed by atoms with Crippen LogP contribution in [0.25, 0.3) is 0 Å². The van der Waals surface area contributed by atoms with Crippen molar-refractivity contribution in [3.8, 4) is 0 Å². The minimum Gasteiger partial charge on any atom is -0.302 e. The van der Waals surface area contributed by atoms with Crippen molar-refractivity contribution in [2.45, 2.75) is 55.6 Å². The molecule has 4 fully saturated rings. The van der Waals surface area contributed by atoms with Crippen molar-refractivity contribution in [2.24, 2.45) is 17.8 Å². The second-order valence-corrected chi connectivity index (χ2v) is 11.1. The summed E-state index contributed by atoms with van der Waals surface area (Å²) >= 11 is 2.68. The first kappa shape index (κ1) is 20.8. The van der Waals surface area contributed by atoms with Crippen LogP contribution in [0.5, 0.6) is 0 Å². The summed E-state index contributed by atoms with van der Waals surface area (Å²) in [6.07, 6.45) is 9.67. The lowest BCUT2D eigenvalue weighted by molar-refractivity contribution is -0.119. The van der Waals surface area contributed by atoms with Gasteiger partial charge in [-0.1, -0.05) is 23.9 Å². The van der Waals surface area contributed by atoms with Crippen LogP contribution in [0, 0.1) is 17.8 Å². The second-order valence-electron chi connectivity index (χ2n) is 9.17. The summed E-state index contributed by atoms with van der Waals surface area (Å²) in [5, 5.41) is 11.7. The number of rotatable bonds is 7. The Labute approximate surface area is 190 Å². The SMILES string of the molecule is C=CCn1c(SCC(=O)NNC(=O)c2cccs2)nnc1C12CC3CC(CC(C3)C1)C2. The van der Waals surface area contributed by atoms with E-state index in [9.17, 15) is 9.59 Å². The van der Waals surface area contributed by atoms with Gasteiger partial charge in [0.1, 0.15) is 5.82 Å². The minimum absolute atomic E-state index is 0.139. The Morgan fingerprint density at radius 1 is 1.19 bits per heavy atom. The van der Waals surface area contributed by atoms with Crippen LogP contribution >= 0.6 is 23.1 Å². The first-order chi connectivity index (χ1) is 15.1. The lowest BCUT2D eigenvalue weighted by atomic mass is 9.49. The molecule has 4 aliphatic carbocycles. The Kier molecular flexibility index (Phi) is 5.64. The highest BCUT2D eigenvalue weighted by molar-refractivity contribution is 7.99. The molecule has 0 radical (unpaired) electrons. The predicted octanol–water partition coefficient (Wildman–Crippen LogP) is 3.55. The fourth-order valence-corrected chi connectivity index (χ4v) is 7.59. The average Bonchev–Trinajstić information content (AvgIpc) is 3.40. The van der Waals surface area contributed by atoms with E-state index in [4.69, 9.17) is 0 Å². The third-order valence-corrected chi connectivity index (χ3v) is 8.77. The molecule has 164 valence electrons. The van der Waals surface area contributed by atoms with Crippen molar-refractivity contribution in [2.75, 3.05) is 5.75 Å². The average molecular weight is 458 g/mol. The maximum atomic E-state index is 12.3. The van der Waals surface area contributed by atoms with E-state index in [-0.39, 0.29) is 23.0 Å². The number of hydrazine groups is 1. The van der Waals surface area contributed by atoms with Gasteiger partial charge in [-0.2, -0.15) is 0 Å². The van der Waals surface area contributed by atoms with Gasteiger partial charge in [-0.3, -0.25) is 20.4 Å². The summed E-state index contributed by atoms with van der Waals surface area (Å²) in [4.78, 5) is 24.8. The molecule has 0 saturated heterocycles. The van der Waals surface area contributed by atoms with E-state index >= 15 is 0 Å². The molecule has 9 heteroatoms. The number of thioether (sulfide) groups is 1. The summed E-state index contributed by atoms with van der Waals surface area (Å²) in [6.45, 7) is 4.56. The smallest absolute Gasteiger partial charge is 0.279 e. The summed E-state index contributed by atoms with van der Waals surface area (Å²) in [7, 11) is 0. The van der Waals surface area contributed by atoms with Gasteiger partial charge in [-0.25, -0.2) is 0 Å². The van der Waals surface area contributed by atoms with Gasteiger partial charge in [0.25, 0.3) is 5.91 Å². The number of hydrogen-bond acceptors (Lipinski definition) is 6. The van der Waals surface area contributed by atoms with Crippen LogP contribution in [-0.2, 0) is 16.8 Å². The maximum Gasteiger partial charge on any atom is 0.279 e. The molecule has 4 saturated carbocycles. The zero-order valence-corrected chi connectivity index (χ0v) is 19.0. The van der Waals surface area contributed by atoms with Crippen molar-refractivity contribution in [1.82, 2.24) is 25.6 Å². The molecular formula is C22H27N5O2S2. The Morgan fingerprint density at radius 2 is 1.90 bits per heavy atom. The number of nitrogens with one attached hydrogen (secondary N) is 2. The zero-order valence-electron chi connectivity index (χ0n) is 17.4. The number of carbonyl (C=O) groups excluding carboxylic acids is 2. The van der Waals surface area contributed by atoms with E-state index < -0.39 is 0 Å². The van der Waals surface area contributed by atoms with Gasteiger partial charge < -0.3 is 4.57 Å². The number of thiophene rings is 1. The molecule has 0 unspecified atom stereocenters. The highest BCUT2D eigenvalue weighted by Gasteiger charge is 2.53. The Hall–Kier alpha value is -2.13. The van der Waals surface area contributed by atoms with E-state index in [2.05, 4.69) is 32.2 Å². The Morgan fingerprint density at radius 3 is 2.52 bits per heavy atom. The Bertz CT molecular complexity index is 949.